The van der Waals surface area contributed by atoms with Gasteiger partial charge in [-0.1, -0.05) is 108 Å². The maximum absolute atomic E-state index is 2.58. The van der Waals surface area contributed by atoms with Crippen molar-refractivity contribution >= 4 is 97.5 Å². The smallest absolute Gasteiger partial charge is 0.251 e. The summed E-state index contributed by atoms with van der Waals surface area (Å²) >= 11 is 0. The van der Waals surface area contributed by atoms with E-state index in [1.807, 2.05) is 0 Å². The van der Waals surface area contributed by atoms with Crippen molar-refractivity contribution in [3.05, 3.63) is 157 Å². The average Bonchev–Trinajstić information content (AvgIpc) is 3.48. The highest BCUT2D eigenvalue weighted by Crippen LogP contribution is 2.47. The van der Waals surface area contributed by atoms with Crippen LogP contribution in [0, 0.1) is 13.8 Å². The molecule has 4 heterocycles. The standard InChI is InChI=1S/C46H36BN3Si/c1-29-23-38-45-42(25-29)51(3,4)43-26-30(2)24-39-46(43)47(45)44-40(48(38)31-15-7-5-8-16-31)27-33(28-41(44)49(39)32-17-9-6-10-18-32)50-36-21-13-11-19-34(36)35-20-12-14-22-37(35)50/h5-28H,1-4H3. The lowest BCUT2D eigenvalue weighted by Crippen LogP contribution is -2.79. The van der Waals surface area contributed by atoms with Gasteiger partial charge in [-0.25, -0.2) is 0 Å². The van der Waals surface area contributed by atoms with Gasteiger partial charge < -0.3 is 14.4 Å². The number of hydrogen-bond acceptors (Lipinski definition) is 2. The van der Waals surface area contributed by atoms with E-state index in [1.165, 1.54) is 89.1 Å². The molecular formula is C46H36BN3Si. The Morgan fingerprint density at radius 1 is 0.431 bits per heavy atom. The second-order valence-corrected chi connectivity index (χ2v) is 19.5. The quantitative estimate of drug-likeness (QED) is 0.175. The summed E-state index contributed by atoms with van der Waals surface area (Å²) in [5, 5.41) is 5.69. The minimum atomic E-state index is -2.11. The van der Waals surface area contributed by atoms with Gasteiger partial charge in [0.2, 0.25) is 0 Å². The normalized spacial score (nSPS) is 14.7. The molecule has 1 aromatic heterocycles. The maximum atomic E-state index is 2.58. The highest BCUT2D eigenvalue weighted by atomic mass is 28.3. The van der Waals surface area contributed by atoms with Crippen LogP contribution in [-0.2, 0) is 0 Å². The van der Waals surface area contributed by atoms with Gasteiger partial charge >= 0.3 is 0 Å². The summed E-state index contributed by atoms with van der Waals surface area (Å²) in [6.45, 7) is 9.87. The summed E-state index contributed by atoms with van der Waals surface area (Å²) in [6, 6.07) is 54.7. The lowest BCUT2D eigenvalue weighted by atomic mass is 9.33. The van der Waals surface area contributed by atoms with Crippen molar-refractivity contribution in [2.24, 2.45) is 0 Å². The molecule has 7 aromatic carbocycles. The van der Waals surface area contributed by atoms with Crippen molar-refractivity contribution in [1.29, 1.82) is 0 Å². The van der Waals surface area contributed by atoms with Gasteiger partial charge in [-0.3, -0.25) is 0 Å². The molecule has 3 aliphatic rings. The van der Waals surface area contributed by atoms with E-state index in [4.69, 9.17) is 0 Å². The van der Waals surface area contributed by atoms with Crippen LogP contribution in [0.15, 0.2) is 146 Å². The fraction of sp³-hybridized carbons (Fsp3) is 0.0870. The number of para-hydroxylation sites is 4. The Balaban J connectivity index is 1.35. The molecule has 0 aliphatic carbocycles. The second kappa shape index (κ2) is 10.1. The fourth-order valence-corrected chi connectivity index (χ4v) is 13.1. The monoisotopic (exact) mass is 669 g/mol. The van der Waals surface area contributed by atoms with Gasteiger partial charge in [0.05, 0.1) is 16.7 Å². The third-order valence-electron chi connectivity index (χ3n) is 11.8. The van der Waals surface area contributed by atoms with Crippen molar-refractivity contribution in [3.8, 4) is 5.69 Å². The molecule has 3 aliphatic heterocycles. The van der Waals surface area contributed by atoms with Crippen LogP contribution in [0.25, 0.3) is 27.5 Å². The van der Waals surface area contributed by atoms with Crippen LogP contribution in [0.1, 0.15) is 11.1 Å². The molecule has 11 rings (SSSR count). The molecule has 0 N–H and O–H groups in total. The Labute approximate surface area is 300 Å². The van der Waals surface area contributed by atoms with Gasteiger partial charge in [0.25, 0.3) is 6.71 Å². The lowest BCUT2D eigenvalue weighted by Gasteiger charge is -2.50. The first-order valence-corrected chi connectivity index (χ1v) is 21.1. The summed E-state index contributed by atoms with van der Waals surface area (Å²) in [5.74, 6) is 0. The van der Waals surface area contributed by atoms with Crippen LogP contribution >= 0.6 is 0 Å². The van der Waals surface area contributed by atoms with Gasteiger partial charge in [-0.2, -0.15) is 0 Å². The summed E-state index contributed by atoms with van der Waals surface area (Å²) < 4.78 is 2.49. The van der Waals surface area contributed by atoms with Crippen LogP contribution < -0.4 is 36.6 Å². The Kier molecular flexibility index (Phi) is 5.77. The molecule has 3 nitrogen and oxygen atoms in total. The largest absolute Gasteiger partial charge is 0.311 e. The Bertz CT molecular complexity index is 2590. The molecule has 0 bridgehead atoms. The van der Waals surface area contributed by atoms with Gasteiger partial charge in [-0.15, -0.1) is 0 Å². The number of benzene rings is 7. The molecule has 0 saturated carbocycles. The minimum absolute atomic E-state index is 0.152. The molecule has 0 atom stereocenters. The lowest BCUT2D eigenvalue weighted by molar-refractivity contribution is 1.16. The Morgan fingerprint density at radius 2 is 0.843 bits per heavy atom. The topological polar surface area (TPSA) is 11.4 Å². The number of hydrogen-bond donors (Lipinski definition) is 0. The van der Waals surface area contributed by atoms with E-state index in [2.05, 4.69) is 187 Å². The molecule has 0 amide bonds. The second-order valence-electron chi connectivity index (χ2n) is 15.2. The highest BCUT2D eigenvalue weighted by molar-refractivity contribution is 7.16. The number of aryl methyl sites for hydroxylation is 2. The van der Waals surface area contributed by atoms with Crippen molar-refractivity contribution in [1.82, 2.24) is 4.57 Å². The Morgan fingerprint density at radius 3 is 1.31 bits per heavy atom. The molecule has 242 valence electrons. The van der Waals surface area contributed by atoms with Crippen LogP contribution in [0.4, 0.5) is 34.1 Å². The molecule has 0 spiro atoms. The van der Waals surface area contributed by atoms with E-state index >= 15 is 0 Å². The third-order valence-corrected chi connectivity index (χ3v) is 15.3. The van der Waals surface area contributed by atoms with Crippen molar-refractivity contribution in [2.45, 2.75) is 26.9 Å². The minimum Gasteiger partial charge on any atom is -0.311 e. The Hall–Kier alpha value is -5.78. The first-order valence-electron chi connectivity index (χ1n) is 18.1. The van der Waals surface area contributed by atoms with Crippen LogP contribution in [0.5, 0.6) is 0 Å². The zero-order valence-electron chi connectivity index (χ0n) is 29.3. The number of nitrogens with zero attached hydrogens (tertiary/aromatic N) is 3. The predicted octanol–water partition coefficient (Wildman–Crippen LogP) is 8.62. The SMILES string of the molecule is Cc1cc2c3c(c1)[Si](C)(C)c1cc(C)cc4c1B3c1c(cc(-n3c5ccccc5c5ccccc53)cc1N4c1ccccc1)N2c1ccccc1. The van der Waals surface area contributed by atoms with E-state index in [0.717, 1.165) is 0 Å². The van der Waals surface area contributed by atoms with E-state index in [0.29, 0.717) is 0 Å². The molecule has 51 heavy (non-hydrogen) atoms. The zero-order chi connectivity index (χ0) is 34.2. The molecule has 0 fully saturated rings. The molecule has 0 radical (unpaired) electrons. The number of rotatable bonds is 3. The predicted molar refractivity (Wildman–Crippen MR) is 221 cm³/mol. The van der Waals surface area contributed by atoms with Crippen molar-refractivity contribution in [3.63, 3.8) is 0 Å². The molecule has 8 aromatic rings. The first kappa shape index (κ1) is 29.0. The number of anilines is 6. The van der Waals surface area contributed by atoms with Crippen LogP contribution in [-0.4, -0.2) is 19.4 Å². The van der Waals surface area contributed by atoms with Gasteiger partial charge in [0, 0.05) is 44.9 Å². The molecule has 0 unspecified atom stereocenters. The van der Waals surface area contributed by atoms with E-state index in [9.17, 15) is 0 Å². The van der Waals surface area contributed by atoms with E-state index < -0.39 is 8.07 Å². The van der Waals surface area contributed by atoms with E-state index in [-0.39, 0.29) is 6.71 Å². The van der Waals surface area contributed by atoms with Crippen LogP contribution in [0.3, 0.4) is 0 Å². The summed E-state index contributed by atoms with van der Waals surface area (Å²) in [6.07, 6.45) is 0. The summed E-state index contributed by atoms with van der Waals surface area (Å²) in [4.78, 5) is 5.16. The third kappa shape index (κ3) is 3.79. The van der Waals surface area contributed by atoms with Crippen LogP contribution in [0.2, 0.25) is 13.1 Å². The summed E-state index contributed by atoms with van der Waals surface area (Å²) in [5.41, 5.74) is 18.2. The number of aromatic nitrogens is 1. The fourth-order valence-electron chi connectivity index (χ4n) is 9.72. The average molecular weight is 670 g/mol. The maximum Gasteiger partial charge on any atom is 0.251 e. The summed E-state index contributed by atoms with van der Waals surface area (Å²) in [7, 11) is -2.11. The van der Waals surface area contributed by atoms with Crippen molar-refractivity contribution < 1.29 is 0 Å². The number of fused-ring (bicyclic) bond motifs is 3. The van der Waals surface area contributed by atoms with Gasteiger partial charge in [-0.05, 0) is 102 Å². The van der Waals surface area contributed by atoms with Gasteiger partial charge in [0.15, 0.2) is 0 Å². The first-order chi connectivity index (χ1) is 24.9. The highest BCUT2D eigenvalue weighted by Gasteiger charge is 2.52. The molecule has 5 heteroatoms. The van der Waals surface area contributed by atoms with Gasteiger partial charge in [0.1, 0.15) is 8.07 Å². The van der Waals surface area contributed by atoms with Crippen molar-refractivity contribution in [2.75, 3.05) is 9.80 Å². The molecule has 0 saturated heterocycles. The van der Waals surface area contributed by atoms with E-state index in [1.54, 1.807) is 10.4 Å². The zero-order valence-corrected chi connectivity index (χ0v) is 30.3. The molecular weight excluding hydrogens is 633 g/mol.